The van der Waals surface area contributed by atoms with Crippen molar-refractivity contribution in [2.75, 3.05) is 0 Å². The molecule has 0 aliphatic heterocycles. The molecule has 0 N–H and O–H groups in total. The first-order valence-electron chi connectivity index (χ1n) is 7.91. The molecule has 1 fully saturated rings. The number of rotatable bonds is 4. The second kappa shape index (κ2) is 6.92. The molecule has 1 atom stereocenters. The summed E-state index contributed by atoms with van der Waals surface area (Å²) < 4.78 is 0. The van der Waals surface area contributed by atoms with Gasteiger partial charge in [0.05, 0.1) is 0 Å². The van der Waals surface area contributed by atoms with Gasteiger partial charge < -0.3 is 0 Å². The zero-order valence-electron chi connectivity index (χ0n) is 12.6. The van der Waals surface area contributed by atoms with Gasteiger partial charge >= 0.3 is 0 Å². The lowest BCUT2D eigenvalue weighted by atomic mass is 9.79. The Kier molecular flexibility index (Phi) is 5.50. The smallest absolute Gasteiger partial charge is 0.0426 e. The van der Waals surface area contributed by atoms with E-state index >= 15 is 0 Å². The quantitative estimate of drug-likeness (QED) is 0.590. The van der Waals surface area contributed by atoms with Gasteiger partial charge in [-0.1, -0.05) is 67.7 Å². The van der Waals surface area contributed by atoms with Gasteiger partial charge in [0, 0.05) is 4.83 Å². The summed E-state index contributed by atoms with van der Waals surface area (Å²) in [5, 5.41) is 0. The van der Waals surface area contributed by atoms with Gasteiger partial charge in [-0.15, -0.1) is 0 Å². The SMILES string of the molecule is CCc1ccc(CC)c(C(Br)C2CCC(C)CC2)c1. The van der Waals surface area contributed by atoms with Crippen LogP contribution in [-0.4, -0.2) is 0 Å². The first-order valence-corrected chi connectivity index (χ1v) is 8.83. The first-order chi connectivity index (χ1) is 9.15. The van der Waals surface area contributed by atoms with Gasteiger partial charge in [0.2, 0.25) is 0 Å². The number of halogens is 1. The minimum Gasteiger partial charge on any atom is -0.0836 e. The van der Waals surface area contributed by atoms with Crippen LogP contribution in [0, 0.1) is 11.8 Å². The molecule has 0 amide bonds. The Balaban J connectivity index is 2.19. The van der Waals surface area contributed by atoms with Crippen molar-refractivity contribution >= 4 is 15.9 Å². The number of alkyl halides is 1. The van der Waals surface area contributed by atoms with Gasteiger partial charge in [0.1, 0.15) is 0 Å². The van der Waals surface area contributed by atoms with E-state index in [9.17, 15) is 0 Å². The molecule has 0 heterocycles. The maximum atomic E-state index is 4.02. The van der Waals surface area contributed by atoms with Crippen LogP contribution >= 0.6 is 15.9 Å². The molecule has 1 saturated carbocycles. The van der Waals surface area contributed by atoms with Gasteiger partial charge in [-0.05, 0) is 54.2 Å². The summed E-state index contributed by atoms with van der Waals surface area (Å²) in [6, 6.07) is 7.08. The van der Waals surface area contributed by atoms with E-state index in [-0.39, 0.29) is 0 Å². The van der Waals surface area contributed by atoms with E-state index in [1.54, 1.807) is 5.56 Å². The van der Waals surface area contributed by atoms with E-state index in [0.29, 0.717) is 4.83 Å². The summed E-state index contributed by atoms with van der Waals surface area (Å²) in [7, 11) is 0. The van der Waals surface area contributed by atoms with Gasteiger partial charge in [-0.25, -0.2) is 0 Å². The van der Waals surface area contributed by atoms with Crippen LogP contribution in [0.25, 0.3) is 0 Å². The molecule has 0 aromatic heterocycles. The van der Waals surface area contributed by atoms with Crippen LogP contribution < -0.4 is 0 Å². The molecule has 19 heavy (non-hydrogen) atoms. The van der Waals surface area contributed by atoms with Crippen molar-refractivity contribution in [1.29, 1.82) is 0 Å². The molecule has 0 spiro atoms. The third-order valence-corrected chi connectivity index (χ3v) is 6.01. The Bertz CT molecular complexity index is 402. The molecule has 1 aromatic rings. The Morgan fingerprint density at radius 2 is 1.79 bits per heavy atom. The van der Waals surface area contributed by atoms with Crippen molar-refractivity contribution in [3.8, 4) is 0 Å². The Morgan fingerprint density at radius 1 is 1.11 bits per heavy atom. The van der Waals surface area contributed by atoms with E-state index in [0.717, 1.165) is 24.7 Å². The summed E-state index contributed by atoms with van der Waals surface area (Å²) in [6.07, 6.45) is 7.86. The van der Waals surface area contributed by atoms with Crippen LogP contribution in [0.3, 0.4) is 0 Å². The number of aryl methyl sites for hydroxylation is 2. The number of hydrogen-bond acceptors (Lipinski definition) is 0. The molecular formula is C18H27Br. The molecule has 0 radical (unpaired) electrons. The zero-order valence-corrected chi connectivity index (χ0v) is 14.2. The highest BCUT2D eigenvalue weighted by atomic mass is 79.9. The van der Waals surface area contributed by atoms with Crippen LogP contribution in [0.4, 0.5) is 0 Å². The highest BCUT2D eigenvalue weighted by Gasteiger charge is 2.26. The van der Waals surface area contributed by atoms with E-state index < -0.39 is 0 Å². The molecule has 0 saturated heterocycles. The lowest BCUT2D eigenvalue weighted by Crippen LogP contribution is -2.17. The van der Waals surface area contributed by atoms with Crippen LogP contribution in [0.2, 0.25) is 0 Å². The minimum atomic E-state index is 0.557. The van der Waals surface area contributed by atoms with Crippen LogP contribution in [0.1, 0.15) is 68.0 Å². The van der Waals surface area contributed by atoms with Crippen molar-refractivity contribution in [1.82, 2.24) is 0 Å². The van der Waals surface area contributed by atoms with E-state index in [4.69, 9.17) is 0 Å². The van der Waals surface area contributed by atoms with Crippen LogP contribution in [-0.2, 0) is 12.8 Å². The summed E-state index contributed by atoms with van der Waals surface area (Å²) in [4.78, 5) is 0.557. The summed E-state index contributed by atoms with van der Waals surface area (Å²) in [5.41, 5.74) is 4.56. The first kappa shape index (κ1) is 15.1. The highest BCUT2D eigenvalue weighted by molar-refractivity contribution is 9.09. The monoisotopic (exact) mass is 322 g/mol. The molecule has 1 heteroatoms. The fourth-order valence-electron chi connectivity index (χ4n) is 3.28. The largest absolute Gasteiger partial charge is 0.0836 e. The number of hydrogen-bond donors (Lipinski definition) is 0. The molecule has 106 valence electrons. The standard InChI is InChI=1S/C18H27Br/c1-4-14-8-11-15(5-2)17(12-14)18(19)16-9-6-13(3)7-10-16/h8,11-13,16,18H,4-7,9-10H2,1-3H3. The lowest BCUT2D eigenvalue weighted by molar-refractivity contribution is 0.287. The fourth-order valence-corrected chi connectivity index (χ4v) is 4.23. The van der Waals surface area contributed by atoms with Crippen molar-refractivity contribution in [2.45, 2.75) is 64.1 Å². The average molecular weight is 323 g/mol. The van der Waals surface area contributed by atoms with Gasteiger partial charge in [0.15, 0.2) is 0 Å². The third-order valence-electron chi connectivity index (χ3n) is 4.77. The third kappa shape index (κ3) is 3.62. The molecule has 0 bridgehead atoms. The van der Waals surface area contributed by atoms with Gasteiger partial charge in [0.25, 0.3) is 0 Å². The van der Waals surface area contributed by atoms with Crippen molar-refractivity contribution in [3.05, 3.63) is 34.9 Å². The second-order valence-electron chi connectivity index (χ2n) is 6.16. The molecule has 0 nitrogen and oxygen atoms in total. The normalized spacial score (nSPS) is 25.3. The van der Waals surface area contributed by atoms with E-state index in [1.807, 2.05) is 0 Å². The summed E-state index contributed by atoms with van der Waals surface area (Å²) >= 11 is 4.02. The predicted octanol–water partition coefficient (Wildman–Crippen LogP) is 6.07. The zero-order chi connectivity index (χ0) is 13.8. The molecular weight excluding hydrogens is 296 g/mol. The Labute approximate surface area is 127 Å². The topological polar surface area (TPSA) is 0 Å². The summed E-state index contributed by atoms with van der Waals surface area (Å²) in [6.45, 7) is 6.91. The fraction of sp³-hybridized carbons (Fsp3) is 0.667. The van der Waals surface area contributed by atoms with Crippen LogP contribution in [0.5, 0.6) is 0 Å². The maximum Gasteiger partial charge on any atom is 0.0426 e. The second-order valence-corrected chi connectivity index (χ2v) is 7.15. The Hall–Kier alpha value is -0.300. The van der Waals surface area contributed by atoms with Gasteiger partial charge in [-0.3, -0.25) is 0 Å². The molecule has 1 aliphatic rings. The van der Waals surface area contributed by atoms with Crippen molar-refractivity contribution < 1.29 is 0 Å². The van der Waals surface area contributed by atoms with E-state index in [1.165, 1.54) is 36.8 Å². The Morgan fingerprint density at radius 3 is 2.37 bits per heavy atom. The molecule has 1 unspecified atom stereocenters. The maximum absolute atomic E-state index is 4.02. The lowest BCUT2D eigenvalue weighted by Gasteiger charge is -2.31. The van der Waals surface area contributed by atoms with Crippen LogP contribution in [0.15, 0.2) is 18.2 Å². The summed E-state index contributed by atoms with van der Waals surface area (Å²) in [5.74, 6) is 1.76. The van der Waals surface area contributed by atoms with Gasteiger partial charge in [-0.2, -0.15) is 0 Å². The molecule has 1 aromatic carbocycles. The average Bonchev–Trinajstić information content (AvgIpc) is 2.46. The number of benzene rings is 1. The van der Waals surface area contributed by atoms with Crippen molar-refractivity contribution in [2.24, 2.45) is 11.8 Å². The van der Waals surface area contributed by atoms with E-state index in [2.05, 4.69) is 54.9 Å². The molecule has 1 aliphatic carbocycles. The highest BCUT2D eigenvalue weighted by Crippen LogP contribution is 2.42. The minimum absolute atomic E-state index is 0.557. The van der Waals surface area contributed by atoms with Crippen molar-refractivity contribution in [3.63, 3.8) is 0 Å². The molecule has 2 rings (SSSR count). The predicted molar refractivity (Wildman–Crippen MR) is 88.0 cm³/mol.